The van der Waals surface area contributed by atoms with Crippen molar-refractivity contribution in [3.8, 4) is 0 Å². The second kappa shape index (κ2) is 4.66. The van der Waals surface area contributed by atoms with E-state index in [9.17, 15) is 4.79 Å². The predicted molar refractivity (Wildman–Crippen MR) is 48.8 cm³/mol. The van der Waals surface area contributed by atoms with Crippen LogP contribution in [0, 0.1) is 0 Å². The fourth-order valence-corrected chi connectivity index (χ4v) is 0.910. The van der Waals surface area contributed by atoms with Gasteiger partial charge in [-0.2, -0.15) is 0 Å². The van der Waals surface area contributed by atoms with Gasteiger partial charge in [0.15, 0.2) is 0 Å². The normalized spacial score (nSPS) is 19.9. The lowest BCUT2D eigenvalue weighted by molar-refractivity contribution is -0.204. The minimum Gasteiger partial charge on any atom is -0.379 e. The zero-order chi connectivity index (χ0) is 9.90. The Morgan fingerprint density at radius 2 is 1.85 bits per heavy atom. The second-order valence-corrected chi connectivity index (χ2v) is 4.70. The van der Waals surface area contributed by atoms with Crippen LogP contribution in [0.15, 0.2) is 0 Å². The number of carbonyl (C=O) groups is 1. The van der Waals surface area contributed by atoms with Crippen LogP contribution >= 0.6 is 34.8 Å². The molecule has 0 radical (unpaired) electrons. The van der Waals surface area contributed by atoms with E-state index >= 15 is 0 Å². The topological polar surface area (TPSA) is 38.8 Å². The molecule has 1 aliphatic heterocycles. The predicted octanol–water partition coefficient (Wildman–Crippen LogP) is 1.15. The maximum atomic E-state index is 11.0. The number of rotatable bonds is 1. The highest BCUT2D eigenvalue weighted by molar-refractivity contribution is 6.75. The first-order valence-corrected chi connectivity index (χ1v) is 4.75. The monoisotopic (exact) mass is 247 g/mol. The lowest BCUT2D eigenvalue weighted by Crippen LogP contribution is -2.40. The molecule has 1 saturated heterocycles. The molecule has 0 aliphatic carbocycles. The highest BCUT2D eigenvalue weighted by Crippen LogP contribution is 2.27. The number of hydrogen-bond acceptors (Lipinski definition) is 4. The maximum absolute atomic E-state index is 11.0. The number of carbonyl (C=O) groups excluding carboxylic acids is 1. The van der Waals surface area contributed by atoms with Gasteiger partial charge in [0.1, 0.15) is 0 Å². The maximum Gasteiger partial charge on any atom is 0.377 e. The highest BCUT2D eigenvalue weighted by Gasteiger charge is 2.34. The molecule has 1 rings (SSSR count). The Kier molecular flexibility index (Phi) is 4.06. The van der Waals surface area contributed by atoms with Crippen molar-refractivity contribution < 1.29 is 14.4 Å². The average molecular weight is 248 g/mol. The van der Waals surface area contributed by atoms with E-state index in [1.807, 2.05) is 0 Å². The van der Waals surface area contributed by atoms with Gasteiger partial charge in [-0.25, -0.2) is 4.79 Å². The van der Waals surface area contributed by atoms with Gasteiger partial charge in [-0.05, 0) is 0 Å². The van der Waals surface area contributed by atoms with Crippen LogP contribution in [0.5, 0.6) is 0 Å². The molecule has 0 unspecified atom stereocenters. The molecule has 0 N–H and O–H groups in total. The van der Waals surface area contributed by atoms with Crippen molar-refractivity contribution in [3.05, 3.63) is 0 Å². The molecule has 1 aliphatic rings. The summed E-state index contributed by atoms with van der Waals surface area (Å²) in [6.07, 6.45) is 0. The molecular formula is C6H8Cl3NO3. The van der Waals surface area contributed by atoms with Crippen LogP contribution < -0.4 is 0 Å². The molecule has 0 aromatic carbocycles. The fraction of sp³-hybridized carbons (Fsp3) is 0.833. The van der Waals surface area contributed by atoms with Crippen molar-refractivity contribution in [1.82, 2.24) is 5.06 Å². The zero-order valence-electron chi connectivity index (χ0n) is 6.63. The Balaban J connectivity index is 2.35. The molecule has 76 valence electrons. The number of nitrogens with zero attached hydrogens (tertiary/aromatic N) is 1. The van der Waals surface area contributed by atoms with Crippen LogP contribution in [0.1, 0.15) is 0 Å². The lowest BCUT2D eigenvalue weighted by atomic mass is 10.5. The van der Waals surface area contributed by atoms with E-state index in [2.05, 4.69) is 0 Å². The number of halogens is 3. The van der Waals surface area contributed by atoms with Crippen LogP contribution in [0.25, 0.3) is 0 Å². The summed E-state index contributed by atoms with van der Waals surface area (Å²) in [7, 11) is 0. The Bertz CT molecular complexity index is 188. The van der Waals surface area contributed by atoms with Gasteiger partial charge in [-0.15, -0.1) is 5.06 Å². The van der Waals surface area contributed by atoms with Gasteiger partial charge < -0.3 is 9.57 Å². The Hall–Kier alpha value is 0.260. The van der Waals surface area contributed by atoms with Gasteiger partial charge in [-0.1, -0.05) is 34.8 Å². The molecule has 1 heterocycles. The SMILES string of the molecule is O=C(ON1CCOCC1)C(Cl)(Cl)Cl. The molecule has 1 fully saturated rings. The Morgan fingerprint density at radius 3 is 2.31 bits per heavy atom. The van der Waals surface area contributed by atoms with E-state index in [0.717, 1.165) is 0 Å². The van der Waals surface area contributed by atoms with Gasteiger partial charge in [0, 0.05) is 0 Å². The molecule has 0 aromatic rings. The van der Waals surface area contributed by atoms with Crippen LogP contribution in [0.2, 0.25) is 0 Å². The molecule has 7 heteroatoms. The highest BCUT2D eigenvalue weighted by atomic mass is 35.6. The summed E-state index contributed by atoms with van der Waals surface area (Å²) in [5.74, 6) is -0.889. The van der Waals surface area contributed by atoms with Gasteiger partial charge in [0.25, 0.3) is 3.79 Å². The van der Waals surface area contributed by atoms with E-state index in [1.165, 1.54) is 5.06 Å². The van der Waals surface area contributed by atoms with Crippen molar-refractivity contribution in [1.29, 1.82) is 0 Å². The van der Waals surface area contributed by atoms with Crippen LogP contribution in [0.4, 0.5) is 0 Å². The number of morpholine rings is 1. The Morgan fingerprint density at radius 1 is 1.31 bits per heavy atom. The standard InChI is InChI=1S/C6H8Cl3NO3/c7-6(8,9)5(11)13-10-1-3-12-4-2-10/h1-4H2. The smallest absolute Gasteiger partial charge is 0.377 e. The van der Waals surface area contributed by atoms with E-state index < -0.39 is 9.76 Å². The minimum atomic E-state index is -2.02. The van der Waals surface area contributed by atoms with E-state index in [0.29, 0.717) is 26.3 Å². The summed E-state index contributed by atoms with van der Waals surface area (Å²) in [5, 5.41) is 1.41. The number of hydroxylamine groups is 2. The molecule has 0 atom stereocenters. The van der Waals surface area contributed by atoms with E-state index in [1.54, 1.807) is 0 Å². The summed E-state index contributed by atoms with van der Waals surface area (Å²) in [4.78, 5) is 15.8. The van der Waals surface area contributed by atoms with Crippen molar-refractivity contribution in [3.63, 3.8) is 0 Å². The van der Waals surface area contributed by atoms with E-state index in [-0.39, 0.29) is 0 Å². The molecule has 0 aromatic heterocycles. The number of ether oxygens (including phenoxy) is 1. The van der Waals surface area contributed by atoms with Gasteiger partial charge in [0.05, 0.1) is 26.3 Å². The molecule has 0 spiro atoms. The Labute approximate surface area is 90.6 Å². The third kappa shape index (κ3) is 3.87. The van der Waals surface area contributed by atoms with Gasteiger partial charge in [-0.3, -0.25) is 0 Å². The average Bonchev–Trinajstić information content (AvgIpc) is 2.04. The van der Waals surface area contributed by atoms with Crippen molar-refractivity contribution in [2.24, 2.45) is 0 Å². The summed E-state index contributed by atoms with van der Waals surface area (Å²) < 4.78 is 3.02. The largest absolute Gasteiger partial charge is 0.379 e. The van der Waals surface area contributed by atoms with Gasteiger partial charge >= 0.3 is 5.97 Å². The summed E-state index contributed by atoms with van der Waals surface area (Å²) in [6, 6.07) is 0. The third-order valence-corrected chi connectivity index (χ3v) is 1.88. The molecular weight excluding hydrogens is 240 g/mol. The molecule has 4 nitrogen and oxygen atoms in total. The summed E-state index contributed by atoms with van der Waals surface area (Å²) >= 11 is 15.9. The second-order valence-electron chi connectivity index (χ2n) is 2.42. The van der Waals surface area contributed by atoms with Crippen LogP contribution in [-0.2, 0) is 14.4 Å². The lowest BCUT2D eigenvalue weighted by Gasteiger charge is -2.26. The van der Waals surface area contributed by atoms with Crippen LogP contribution in [-0.4, -0.2) is 41.1 Å². The van der Waals surface area contributed by atoms with Crippen molar-refractivity contribution in [2.45, 2.75) is 3.79 Å². The molecule has 0 saturated carbocycles. The minimum absolute atomic E-state index is 0.493. The van der Waals surface area contributed by atoms with Gasteiger partial charge in [0.2, 0.25) is 0 Å². The van der Waals surface area contributed by atoms with E-state index in [4.69, 9.17) is 44.4 Å². The zero-order valence-corrected chi connectivity index (χ0v) is 8.90. The first kappa shape index (κ1) is 11.3. The fourth-order valence-electron chi connectivity index (χ4n) is 0.807. The third-order valence-electron chi connectivity index (χ3n) is 1.41. The first-order valence-electron chi connectivity index (χ1n) is 3.62. The first-order chi connectivity index (χ1) is 6.00. The molecule has 0 amide bonds. The number of alkyl halides is 3. The summed E-state index contributed by atoms with van der Waals surface area (Å²) in [6.45, 7) is 2.00. The van der Waals surface area contributed by atoms with Crippen molar-refractivity contribution in [2.75, 3.05) is 26.3 Å². The quantitative estimate of drug-likeness (QED) is 0.653. The number of hydrogen-bond donors (Lipinski definition) is 0. The molecule has 0 bridgehead atoms. The van der Waals surface area contributed by atoms with Crippen LogP contribution in [0.3, 0.4) is 0 Å². The van der Waals surface area contributed by atoms with Crippen molar-refractivity contribution >= 4 is 40.8 Å². The molecule has 13 heavy (non-hydrogen) atoms. The summed E-state index contributed by atoms with van der Waals surface area (Å²) in [5.41, 5.74) is 0.